The zero-order valence-corrected chi connectivity index (χ0v) is 18.2. The molecule has 156 valence electrons. The van der Waals surface area contributed by atoms with E-state index in [1.54, 1.807) is 23.6 Å². The number of amides is 2. The van der Waals surface area contributed by atoms with Crippen molar-refractivity contribution in [3.05, 3.63) is 64.6 Å². The lowest BCUT2D eigenvalue weighted by molar-refractivity contribution is -0.119. The number of hydrogen-bond donors (Lipinski definition) is 2. The van der Waals surface area contributed by atoms with E-state index in [1.165, 1.54) is 24.6 Å². The number of nitrogens with one attached hydrogen (secondary N) is 2. The third kappa shape index (κ3) is 5.31. The predicted octanol–water partition coefficient (Wildman–Crippen LogP) is 4.01. The monoisotopic (exact) mass is 440 g/mol. The second kappa shape index (κ2) is 9.95. The van der Waals surface area contributed by atoms with Gasteiger partial charge in [-0.05, 0) is 42.5 Å². The van der Waals surface area contributed by atoms with Crippen LogP contribution in [-0.2, 0) is 11.3 Å². The quantitative estimate of drug-likeness (QED) is 0.519. The number of thioether (sulfide) groups is 1. The average molecular weight is 441 g/mol. The fourth-order valence-electron chi connectivity index (χ4n) is 3.54. The highest BCUT2D eigenvalue weighted by atomic mass is 32.2. The van der Waals surface area contributed by atoms with Gasteiger partial charge in [0.05, 0.1) is 12.3 Å². The summed E-state index contributed by atoms with van der Waals surface area (Å²) in [6, 6.07) is 11.7. The summed E-state index contributed by atoms with van der Waals surface area (Å²) in [5, 5.41) is 8.78. The van der Waals surface area contributed by atoms with Crippen LogP contribution in [0.2, 0.25) is 0 Å². The smallest absolute Gasteiger partial charge is 0.251 e. The number of rotatable bonds is 8. The van der Waals surface area contributed by atoms with Crippen molar-refractivity contribution in [2.45, 2.75) is 43.4 Å². The van der Waals surface area contributed by atoms with Crippen LogP contribution in [0.25, 0.3) is 5.69 Å². The van der Waals surface area contributed by atoms with Crippen molar-refractivity contribution in [1.82, 2.24) is 20.2 Å². The lowest BCUT2D eigenvalue weighted by Crippen LogP contribution is -2.33. The van der Waals surface area contributed by atoms with Gasteiger partial charge in [-0.15, -0.1) is 11.3 Å². The number of aromatic nitrogens is 2. The van der Waals surface area contributed by atoms with Crippen molar-refractivity contribution in [2.24, 2.45) is 0 Å². The van der Waals surface area contributed by atoms with Crippen LogP contribution < -0.4 is 10.6 Å². The van der Waals surface area contributed by atoms with Crippen molar-refractivity contribution < 1.29 is 9.59 Å². The molecule has 4 rings (SSSR count). The number of carbonyl (C=O) groups excluding carboxylic acids is 2. The summed E-state index contributed by atoms with van der Waals surface area (Å²) in [6.45, 7) is 0.517. The van der Waals surface area contributed by atoms with Crippen LogP contribution in [0.4, 0.5) is 0 Å². The number of imidazole rings is 1. The maximum absolute atomic E-state index is 12.5. The van der Waals surface area contributed by atoms with Crippen LogP contribution in [0.5, 0.6) is 0 Å². The van der Waals surface area contributed by atoms with Crippen LogP contribution in [-0.4, -0.2) is 33.2 Å². The first kappa shape index (κ1) is 20.7. The molecule has 0 unspecified atom stereocenters. The highest BCUT2D eigenvalue weighted by Gasteiger charge is 2.18. The Labute approximate surface area is 184 Å². The minimum absolute atomic E-state index is 0.0446. The van der Waals surface area contributed by atoms with Crippen molar-refractivity contribution in [2.75, 3.05) is 5.75 Å². The van der Waals surface area contributed by atoms with Gasteiger partial charge in [0, 0.05) is 34.6 Å². The fraction of sp³-hybridized carbons (Fsp3) is 0.318. The molecule has 0 radical (unpaired) electrons. The van der Waals surface area contributed by atoms with Gasteiger partial charge in [-0.3, -0.25) is 14.2 Å². The van der Waals surface area contributed by atoms with Gasteiger partial charge in [0.1, 0.15) is 0 Å². The first-order chi connectivity index (χ1) is 14.7. The molecular formula is C22H24N4O2S2. The van der Waals surface area contributed by atoms with Crippen LogP contribution in [0.3, 0.4) is 0 Å². The van der Waals surface area contributed by atoms with E-state index in [2.05, 4.69) is 15.6 Å². The van der Waals surface area contributed by atoms with Crippen LogP contribution >= 0.6 is 23.1 Å². The minimum Gasteiger partial charge on any atom is -0.353 e. The van der Waals surface area contributed by atoms with Crippen molar-refractivity contribution in [3.63, 3.8) is 0 Å². The molecule has 30 heavy (non-hydrogen) atoms. The van der Waals surface area contributed by atoms with Gasteiger partial charge in [0.15, 0.2) is 5.16 Å². The fourth-order valence-corrected chi connectivity index (χ4v) is 4.97. The summed E-state index contributed by atoms with van der Waals surface area (Å²) >= 11 is 3.02. The third-order valence-electron chi connectivity index (χ3n) is 5.05. The highest BCUT2D eigenvalue weighted by Crippen LogP contribution is 2.22. The molecule has 1 aliphatic carbocycles. The summed E-state index contributed by atoms with van der Waals surface area (Å²) in [6.07, 6.45) is 8.10. The van der Waals surface area contributed by atoms with E-state index >= 15 is 0 Å². The van der Waals surface area contributed by atoms with E-state index in [0.717, 1.165) is 28.6 Å². The molecule has 2 N–H and O–H groups in total. The SMILES string of the molecule is O=C(CSc1nccn1-c1cccc(C(=O)NCc2cccs2)c1)NC1CCCC1. The Morgan fingerprint density at radius 1 is 1.20 bits per heavy atom. The Hall–Kier alpha value is -2.58. The van der Waals surface area contributed by atoms with Gasteiger partial charge in [0.2, 0.25) is 5.91 Å². The molecule has 0 atom stereocenters. The van der Waals surface area contributed by atoms with E-state index in [4.69, 9.17) is 0 Å². The molecule has 1 fully saturated rings. The summed E-state index contributed by atoms with van der Waals surface area (Å²) in [4.78, 5) is 30.3. The standard InChI is InChI=1S/C22H24N4O2S2/c27-20(25-17-6-1-2-7-17)15-30-22-23-10-11-26(22)18-8-3-5-16(13-18)21(28)24-14-19-9-4-12-29-19/h3-5,8-13,17H,1-2,6-7,14-15H2,(H,24,28)(H,25,27). The second-order valence-electron chi connectivity index (χ2n) is 7.23. The Morgan fingerprint density at radius 2 is 2.07 bits per heavy atom. The molecule has 1 aliphatic rings. The molecule has 1 aromatic carbocycles. The Kier molecular flexibility index (Phi) is 6.86. The van der Waals surface area contributed by atoms with E-state index < -0.39 is 0 Å². The molecular weight excluding hydrogens is 416 g/mol. The first-order valence-electron chi connectivity index (χ1n) is 10.1. The Bertz CT molecular complexity index is 994. The van der Waals surface area contributed by atoms with Crippen molar-refractivity contribution in [3.8, 4) is 5.69 Å². The number of thiophene rings is 1. The molecule has 8 heteroatoms. The van der Waals surface area contributed by atoms with Gasteiger partial charge >= 0.3 is 0 Å². The number of carbonyl (C=O) groups is 2. The summed E-state index contributed by atoms with van der Waals surface area (Å²) in [7, 11) is 0. The largest absolute Gasteiger partial charge is 0.353 e. The third-order valence-corrected chi connectivity index (χ3v) is 6.89. The van der Waals surface area contributed by atoms with Crippen molar-refractivity contribution in [1.29, 1.82) is 0 Å². The maximum atomic E-state index is 12.5. The zero-order valence-electron chi connectivity index (χ0n) is 16.5. The first-order valence-corrected chi connectivity index (χ1v) is 11.9. The molecule has 0 aliphatic heterocycles. The van der Waals surface area contributed by atoms with Gasteiger partial charge in [-0.1, -0.05) is 36.7 Å². The second-order valence-corrected chi connectivity index (χ2v) is 9.20. The molecule has 0 saturated heterocycles. The minimum atomic E-state index is -0.115. The molecule has 2 aromatic heterocycles. The zero-order chi connectivity index (χ0) is 20.8. The number of benzene rings is 1. The molecule has 0 bridgehead atoms. The van der Waals surface area contributed by atoms with Crippen LogP contribution in [0, 0.1) is 0 Å². The lowest BCUT2D eigenvalue weighted by atomic mass is 10.2. The predicted molar refractivity (Wildman–Crippen MR) is 120 cm³/mol. The van der Waals surface area contributed by atoms with Gasteiger partial charge in [0.25, 0.3) is 5.91 Å². The topological polar surface area (TPSA) is 76.0 Å². The summed E-state index contributed by atoms with van der Waals surface area (Å²) in [5.41, 5.74) is 1.43. The van der Waals surface area contributed by atoms with Crippen molar-refractivity contribution >= 4 is 34.9 Å². The molecule has 2 heterocycles. The normalized spacial score (nSPS) is 14.0. The van der Waals surface area contributed by atoms with E-state index in [9.17, 15) is 9.59 Å². The van der Waals surface area contributed by atoms with E-state index in [1.807, 2.05) is 46.5 Å². The van der Waals surface area contributed by atoms with Crippen LogP contribution in [0.15, 0.2) is 59.3 Å². The summed E-state index contributed by atoms with van der Waals surface area (Å²) < 4.78 is 1.91. The van der Waals surface area contributed by atoms with Crippen LogP contribution in [0.1, 0.15) is 40.9 Å². The Morgan fingerprint density at radius 3 is 2.87 bits per heavy atom. The lowest BCUT2D eigenvalue weighted by Gasteiger charge is -2.12. The molecule has 1 saturated carbocycles. The number of nitrogens with zero attached hydrogens (tertiary/aromatic N) is 2. The molecule has 0 spiro atoms. The van der Waals surface area contributed by atoms with Gasteiger partial charge in [-0.25, -0.2) is 4.98 Å². The number of hydrogen-bond acceptors (Lipinski definition) is 5. The van der Waals surface area contributed by atoms with E-state index in [-0.39, 0.29) is 11.8 Å². The van der Waals surface area contributed by atoms with E-state index in [0.29, 0.717) is 23.9 Å². The molecule has 6 nitrogen and oxygen atoms in total. The molecule has 3 aromatic rings. The summed E-state index contributed by atoms with van der Waals surface area (Å²) in [5.74, 6) is 0.257. The average Bonchev–Trinajstić information content (AvgIpc) is 3.53. The van der Waals surface area contributed by atoms with Gasteiger partial charge < -0.3 is 10.6 Å². The Balaban J connectivity index is 1.38. The van der Waals surface area contributed by atoms with Gasteiger partial charge in [-0.2, -0.15) is 0 Å². The maximum Gasteiger partial charge on any atom is 0.251 e. The highest BCUT2D eigenvalue weighted by molar-refractivity contribution is 7.99. The molecule has 2 amide bonds.